The van der Waals surface area contributed by atoms with Gasteiger partial charge in [0.25, 0.3) is 0 Å². The Kier molecular flexibility index (Phi) is 4.90. The largest absolute Gasteiger partial charge is 0.333 e. The standard InChI is InChI=1S/C16H16FN3S2/c1-2-3-15-19-13(9-21-15)10-22-16-18-8-14(20-16)11-4-6-12(17)7-5-11/h4-9H,2-3,10H2,1H3,(H,18,20). The quantitative estimate of drug-likeness (QED) is 0.651. The van der Waals surface area contributed by atoms with Crippen LogP contribution >= 0.6 is 23.1 Å². The second-order valence-electron chi connectivity index (χ2n) is 4.88. The molecule has 3 aromatic rings. The molecule has 6 heteroatoms. The summed E-state index contributed by atoms with van der Waals surface area (Å²) >= 11 is 3.35. The lowest BCUT2D eigenvalue weighted by atomic mass is 10.2. The molecule has 1 aromatic carbocycles. The average molecular weight is 333 g/mol. The van der Waals surface area contributed by atoms with Crippen LogP contribution in [0, 0.1) is 5.82 Å². The van der Waals surface area contributed by atoms with E-state index >= 15 is 0 Å². The topological polar surface area (TPSA) is 41.6 Å². The molecule has 0 amide bonds. The first-order valence-corrected chi connectivity index (χ1v) is 8.98. The number of aromatic nitrogens is 3. The number of nitrogens with zero attached hydrogens (tertiary/aromatic N) is 2. The van der Waals surface area contributed by atoms with Gasteiger partial charge in [0.2, 0.25) is 0 Å². The lowest BCUT2D eigenvalue weighted by Crippen LogP contribution is -1.85. The summed E-state index contributed by atoms with van der Waals surface area (Å²) in [7, 11) is 0. The van der Waals surface area contributed by atoms with Crippen molar-refractivity contribution in [1.29, 1.82) is 0 Å². The van der Waals surface area contributed by atoms with Gasteiger partial charge in [0.05, 0.1) is 22.6 Å². The van der Waals surface area contributed by atoms with E-state index in [0.29, 0.717) is 0 Å². The molecule has 114 valence electrons. The van der Waals surface area contributed by atoms with Gasteiger partial charge in [0.1, 0.15) is 5.82 Å². The summed E-state index contributed by atoms with van der Waals surface area (Å²) in [4.78, 5) is 12.2. The maximum Gasteiger partial charge on any atom is 0.166 e. The zero-order valence-corrected chi connectivity index (χ0v) is 13.8. The molecule has 0 bridgehead atoms. The van der Waals surface area contributed by atoms with E-state index < -0.39 is 0 Å². The van der Waals surface area contributed by atoms with Crippen molar-refractivity contribution in [2.45, 2.75) is 30.7 Å². The van der Waals surface area contributed by atoms with E-state index in [1.54, 1.807) is 41.4 Å². The van der Waals surface area contributed by atoms with Crippen molar-refractivity contribution in [1.82, 2.24) is 15.0 Å². The molecule has 0 aliphatic carbocycles. The fourth-order valence-electron chi connectivity index (χ4n) is 2.04. The van der Waals surface area contributed by atoms with Gasteiger partial charge in [0, 0.05) is 11.1 Å². The van der Waals surface area contributed by atoms with Crippen molar-refractivity contribution in [2.75, 3.05) is 0 Å². The van der Waals surface area contributed by atoms with Crippen LogP contribution in [-0.4, -0.2) is 15.0 Å². The lowest BCUT2D eigenvalue weighted by Gasteiger charge is -1.97. The Morgan fingerprint density at radius 3 is 2.86 bits per heavy atom. The molecule has 0 fully saturated rings. The molecule has 0 saturated carbocycles. The SMILES string of the molecule is CCCc1nc(CSc2ncc(-c3ccc(F)cc3)[nH]2)cs1. The number of halogens is 1. The predicted octanol–water partition coefficient (Wildman–Crippen LogP) is 4.92. The summed E-state index contributed by atoms with van der Waals surface area (Å²) in [6, 6.07) is 6.39. The van der Waals surface area contributed by atoms with Gasteiger partial charge >= 0.3 is 0 Å². The minimum absolute atomic E-state index is 0.232. The summed E-state index contributed by atoms with van der Waals surface area (Å²) in [5.41, 5.74) is 2.92. The second-order valence-corrected chi connectivity index (χ2v) is 6.79. The zero-order chi connectivity index (χ0) is 15.4. The highest BCUT2D eigenvalue weighted by molar-refractivity contribution is 7.98. The van der Waals surface area contributed by atoms with E-state index in [1.807, 2.05) is 0 Å². The molecule has 3 rings (SSSR count). The molecule has 0 radical (unpaired) electrons. The maximum atomic E-state index is 12.9. The minimum Gasteiger partial charge on any atom is -0.333 e. The Labute approximate surface area is 137 Å². The van der Waals surface area contributed by atoms with Gasteiger partial charge in [-0.2, -0.15) is 0 Å². The summed E-state index contributed by atoms with van der Waals surface area (Å²) in [6.07, 6.45) is 3.95. The molecule has 0 spiro atoms. The van der Waals surface area contributed by atoms with Crippen molar-refractivity contribution in [3.05, 3.63) is 52.4 Å². The van der Waals surface area contributed by atoms with Crippen LogP contribution in [0.2, 0.25) is 0 Å². The van der Waals surface area contributed by atoms with E-state index in [4.69, 9.17) is 0 Å². The molecule has 0 unspecified atom stereocenters. The van der Waals surface area contributed by atoms with Gasteiger partial charge in [-0.1, -0.05) is 18.7 Å². The number of hydrogen-bond donors (Lipinski definition) is 1. The van der Waals surface area contributed by atoms with E-state index in [2.05, 4.69) is 27.3 Å². The number of thiazole rings is 1. The molecule has 22 heavy (non-hydrogen) atoms. The van der Waals surface area contributed by atoms with Crippen LogP contribution < -0.4 is 0 Å². The molecule has 3 nitrogen and oxygen atoms in total. The van der Waals surface area contributed by atoms with Gasteiger partial charge < -0.3 is 4.98 Å². The highest BCUT2D eigenvalue weighted by Crippen LogP contribution is 2.25. The number of nitrogens with one attached hydrogen (secondary N) is 1. The molecule has 0 saturated heterocycles. The molecular weight excluding hydrogens is 317 g/mol. The third-order valence-electron chi connectivity index (χ3n) is 3.13. The van der Waals surface area contributed by atoms with Crippen molar-refractivity contribution >= 4 is 23.1 Å². The number of rotatable bonds is 6. The van der Waals surface area contributed by atoms with Crippen LogP contribution in [-0.2, 0) is 12.2 Å². The number of H-pyrrole nitrogens is 1. The molecule has 0 aliphatic heterocycles. The van der Waals surface area contributed by atoms with Crippen LogP contribution in [0.3, 0.4) is 0 Å². The summed E-state index contributed by atoms with van der Waals surface area (Å²) in [5, 5.41) is 4.16. The number of thioether (sulfide) groups is 1. The van der Waals surface area contributed by atoms with E-state index in [0.717, 1.165) is 40.7 Å². The highest BCUT2D eigenvalue weighted by Gasteiger charge is 2.06. The summed E-state index contributed by atoms with van der Waals surface area (Å²) in [6.45, 7) is 2.16. The van der Waals surface area contributed by atoms with Crippen molar-refractivity contribution in [3.8, 4) is 11.3 Å². The Morgan fingerprint density at radius 2 is 2.09 bits per heavy atom. The number of aromatic amines is 1. The van der Waals surface area contributed by atoms with Gasteiger partial charge in [-0.25, -0.2) is 14.4 Å². The van der Waals surface area contributed by atoms with Crippen LogP contribution in [0.4, 0.5) is 4.39 Å². The van der Waals surface area contributed by atoms with E-state index in [1.165, 1.54) is 17.1 Å². The summed E-state index contributed by atoms with van der Waals surface area (Å²) < 4.78 is 12.9. The van der Waals surface area contributed by atoms with E-state index in [9.17, 15) is 4.39 Å². The molecule has 0 aliphatic rings. The first kappa shape index (κ1) is 15.2. The third-order valence-corrected chi connectivity index (χ3v) is 5.01. The fourth-order valence-corrected chi connectivity index (χ4v) is 3.79. The van der Waals surface area contributed by atoms with Crippen LogP contribution in [0.1, 0.15) is 24.0 Å². The monoisotopic (exact) mass is 333 g/mol. The Hall–Kier alpha value is -1.66. The van der Waals surface area contributed by atoms with Gasteiger partial charge in [0.15, 0.2) is 5.16 Å². The number of benzene rings is 1. The first-order valence-electron chi connectivity index (χ1n) is 7.11. The normalized spacial score (nSPS) is 11.0. The molecule has 0 atom stereocenters. The third kappa shape index (κ3) is 3.75. The van der Waals surface area contributed by atoms with Crippen molar-refractivity contribution in [3.63, 3.8) is 0 Å². The van der Waals surface area contributed by atoms with Gasteiger partial charge in [-0.05, 0) is 42.7 Å². The van der Waals surface area contributed by atoms with Crippen molar-refractivity contribution < 1.29 is 4.39 Å². The second kappa shape index (κ2) is 7.07. The van der Waals surface area contributed by atoms with Crippen LogP contribution in [0.5, 0.6) is 0 Å². The zero-order valence-electron chi connectivity index (χ0n) is 12.2. The smallest absolute Gasteiger partial charge is 0.166 e. The summed E-state index contributed by atoms with van der Waals surface area (Å²) in [5.74, 6) is 0.570. The van der Waals surface area contributed by atoms with Crippen LogP contribution in [0.25, 0.3) is 11.3 Å². The van der Waals surface area contributed by atoms with Crippen molar-refractivity contribution in [2.24, 2.45) is 0 Å². The molecule has 2 aromatic heterocycles. The van der Waals surface area contributed by atoms with Gasteiger partial charge in [-0.15, -0.1) is 11.3 Å². The molecule has 2 heterocycles. The fraction of sp³-hybridized carbons (Fsp3) is 0.250. The average Bonchev–Trinajstić information content (AvgIpc) is 3.16. The van der Waals surface area contributed by atoms with E-state index in [-0.39, 0.29) is 5.82 Å². The number of imidazole rings is 1. The number of hydrogen-bond acceptors (Lipinski definition) is 4. The van der Waals surface area contributed by atoms with Gasteiger partial charge in [-0.3, -0.25) is 0 Å². The number of aryl methyl sites for hydroxylation is 1. The Morgan fingerprint density at radius 1 is 1.27 bits per heavy atom. The first-order chi connectivity index (χ1) is 10.7. The highest BCUT2D eigenvalue weighted by atomic mass is 32.2. The molecular formula is C16H16FN3S2. The molecule has 1 N–H and O–H groups in total. The Bertz CT molecular complexity index is 734. The predicted molar refractivity (Wildman–Crippen MR) is 89.7 cm³/mol. The maximum absolute atomic E-state index is 12.9. The van der Waals surface area contributed by atoms with Crippen LogP contribution in [0.15, 0.2) is 41.0 Å². The Balaban J connectivity index is 1.62. The lowest BCUT2D eigenvalue weighted by molar-refractivity contribution is 0.628. The minimum atomic E-state index is -0.232.